The molecule has 0 fully saturated rings. The summed E-state index contributed by atoms with van der Waals surface area (Å²) in [5.74, 6) is 0.0640. The van der Waals surface area contributed by atoms with Gasteiger partial charge in [0.15, 0.2) is 10.9 Å². The standard InChI is InChI=1S/C25H19N5O4S/c1-15-7-5-12-20(16(15)2)28-23(32)19-10-3-4-11-21(19)29-24(28)26-27-25(29)35-14-22(31)17-8-6-9-18(13-17)30(33)34/h3-13H,14H2,1-2H3. The van der Waals surface area contributed by atoms with Gasteiger partial charge in [0.05, 0.1) is 27.3 Å². The molecule has 0 bridgehead atoms. The molecule has 0 saturated carbocycles. The number of non-ortho nitro benzene ring substituents is 1. The topological polar surface area (TPSA) is 112 Å². The van der Waals surface area contributed by atoms with E-state index in [4.69, 9.17) is 0 Å². The molecule has 35 heavy (non-hydrogen) atoms. The quantitative estimate of drug-likeness (QED) is 0.150. The Morgan fingerprint density at radius 2 is 1.80 bits per heavy atom. The monoisotopic (exact) mass is 485 g/mol. The highest BCUT2D eigenvalue weighted by molar-refractivity contribution is 7.99. The number of hydrogen-bond acceptors (Lipinski definition) is 7. The van der Waals surface area contributed by atoms with Gasteiger partial charge in [-0.25, -0.2) is 4.57 Å². The number of carbonyl (C=O) groups is 1. The van der Waals surface area contributed by atoms with Crippen molar-refractivity contribution < 1.29 is 9.72 Å². The number of benzene rings is 3. The lowest BCUT2D eigenvalue weighted by Crippen LogP contribution is -2.22. The van der Waals surface area contributed by atoms with E-state index >= 15 is 0 Å². The van der Waals surface area contributed by atoms with Crippen LogP contribution in [0.1, 0.15) is 21.5 Å². The summed E-state index contributed by atoms with van der Waals surface area (Å²) in [6.45, 7) is 3.93. The van der Waals surface area contributed by atoms with Crippen molar-refractivity contribution >= 4 is 39.9 Å². The van der Waals surface area contributed by atoms with Crippen molar-refractivity contribution in [2.45, 2.75) is 19.0 Å². The summed E-state index contributed by atoms with van der Waals surface area (Å²) in [6.07, 6.45) is 0. The van der Waals surface area contributed by atoms with Crippen LogP contribution >= 0.6 is 11.8 Å². The summed E-state index contributed by atoms with van der Waals surface area (Å²) < 4.78 is 3.31. The zero-order chi connectivity index (χ0) is 24.7. The first-order chi connectivity index (χ1) is 16.9. The number of carbonyl (C=O) groups excluding carboxylic acids is 1. The molecule has 0 saturated heterocycles. The van der Waals surface area contributed by atoms with E-state index in [1.807, 2.05) is 44.2 Å². The van der Waals surface area contributed by atoms with Crippen molar-refractivity contribution in [3.05, 3.63) is 104 Å². The molecule has 0 unspecified atom stereocenters. The number of thioether (sulfide) groups is 1. The van der Waals surface area contributed by atoms with Crippen molar-refractivity contribution in [2.24, 2.45) is 0 Å². The van der Waals surface area contributed by atoms with E-state index in [2.05, 4.69) is 10.2 Å². The second kappa shape index (κ2) is 8.80. The lowest BCUT2D eigenvalue weighted by molar-refractivity contribution is -0.384. The Hall–Kier alpha value is -4.31. The summed E-state index contributed by atoms with van der Waals surface area (Å²) >= 11 is 1.16. The van der Waals surface area contributed by atoms with Gasteiger partial charge in [-0.1, -0.05) is 48.2 Å². The van der Waals surface area contributed by atoms with Crippen LogP contribution in [0.25, 0.3) is 22.4 Å². The fourth-order valence-corrected chi connectivity index (χ4v) is 4.81. The number of ketones is 1. The van der Waals surface area contributed by atoms with E-state index in [1.165, 1.54) is 18.2 Å². The van der Waals surface area contributed by atoms with Gasteiger partial charge in [0.25, 0.3) is 11.2 Å². The second-order valence-electron chi connectivity index (χ2n) is 8.01. The van der Waals surface area contributed by atoms with Crippen LogP contribution in [0, 0.1) is 24.0 Å². The van der Waals surface area contributed by atoms with E-state index in [0.29, 0.717) is 27.5 Å². The van der Waals surface area contributed by atoms with Gasteiger partial charge < -0.3 is 0 Å². The van der Waals surface area contributed by atoms with E-state index in [0.717, 1.165) is 22.9 Å². The minimum Gasteiger partial charge on any atom is -0.293 e. The number of hydrogen-bond donors (Lipinski definition) is 0. The zero-order valence-corrected chi connectivity index (χ0v) is 19.7. The van der Waals surface area contributed by atoms with Gasteiger partial charge in [-0.15, -0.1) is 10.2 Å². The Morgan fingerprint density at radius 3 is 2.60 bits per heavy atom. The molecule has 0 atom stereocenters. The van der Waals surface area contributed by atoms with Crippen LogP contribution in [-0.2, 0) is 0 Å². The Labute approximate surface area is 203 Å². The average Bonchev–Trinajstić information content (AvgIpc) is 3.29. The van der Waals surface area contributed by atoms with Crippen LogP contribution in [0.15, 0.2) is 76.7 Å². The smallest absolute Gasteiger partial charge is 0.270 e. The van der Waals surface area contributed by atoms with Crippen molar-refractivity contribution in [1.82, 2.24) is 19.2 Å². The summed E-state index contributed by atoms with van der Waals surface area (Å²) in [5, 5.41) is 20.6. The second-order valence-corrected chi connectivity index (χ2v) is 8.96. The van der Waals surface area contributed by atoms with E-state index in [1.54, 1.807) is 27.2 Å². The maximum absolute atomic E-state index is 13.5. The van der Waals surface area contributed by atoms with Gasteiger partial charge in [-0.05, 0) is 43.2 Å². The summed E-state index contributed by atoms with van der Waals surface area (Å²) in [6, 6.07) is 18.6. The number of fused-ring (bicyclic) bond motifs is 3. The molecule has 2 heterocycles. The highest BCUT2D eigenvalue weighted by Gasteiger charge is 2.20. The predicted octanol–water partition coefficient (Wildman–Crippen LogP) is 4.53. The van der Waals surface area contributed by atoms with Crippen molar-refractivity contribution in [3.8, 4) is 5.69 Å². The first kappa shape index (κ1) is 22.5. The number of para-hydroxylation sites is 1. The van der Waals surface area contributed by atoms with Crippen LogP contribution in [-0.4, -0.2) is 35.6 Å². The molecule has 0 radical (unpaired) electrons. The minimum absolute atomic E-state index is 0.00110. The first-order valence-corrected chi connectivity index (χ1v) is 11.7. The van der Waals surface area contributed by atoms with Gasteiger partial charge in [-0.3, -0.25) is 24.1 Å². The molecule has 5 rings (SSSR count). The summed E-state index contributed by atoms with van der Waals surface area (Å²) in [4.78, 5) is 36.8. The van der Waals surface area contributed by atoms with Gasteiger partial charge in [0, 0.05) is 17.7 Å². The lowest BCUT2D eigenvalue weighted by atomic mass is 10.1. The van der Waals surface area contributed by atoms with Gasteiger partial charge in [0.1, 0.15) is 0 Å². The zero-order valence-electron chi connectivity index (χ0n) is 18.8. The normalized spacial score (nSPS) is 11.3. The van der Waals surface area contributed by atoms with E-state index in [9.17, 15) is 19.7 Å². The molecule has 0 N–H and O–H groups in total. The van der Waals surface area contributed by atoms with Crippen molar-refractivity contribution in [3.63, 3.8) is 0 Å². The van der Waals surface area contributed by atoms with E-state index < -0.39 is 4.92 Å². The highest BCUT2D eigenvalue weighted by Crippen LogP contribution is 2.26. The fourth-order valence-electron chi connectivity index (χ4n) is 3.97. The fraction of sp³-hybridized carbons (Fsp3) is 0.120. The van der Waals surface area contributed by atoms with Crippen LogP contribution in [0.2, 0.25) is 0 Å². The SMILES string of the molecule is Cc1cccc(-n2c(=O)c3ccccc3n3c(SCC(=O)c4cccc([N+](=O)[O-])c4)nnc23)c1C. The molecule has 2 aromatic heterocycles. The number of nitrogens with zero attached hydrogens (tertiary/aromatic N) is 5. The molecule has 5 aromatic rings. The van der Waals surface area contributed by atoms with Crippen LogP contribution < -0.4 is 5.56 Å². The highest BCUT2D eigenvalue weighted by atomic mass is 32.2. The number of aromatic nitrogens is 4. The number of Topliss-reactive ketones (excluding diaryl/α,β-unsaturated/α-hetero) is 1. The molecular weight excluding hydrogens is 466 g/mol. The Bertz CT molecular complexity index is 1710. The molecule has 0 amide bonds. The van der Waals surface area contributed by atoms with Crippen molar-refractivity contribution in [1.29, 1.82) is 0 Å². The molecule has 0 spiro atoms. The molecule has 9 nitrogen and oxygen atoms in total. The van der Waals surface area contributed by atoms with Gasteiger partial charge in [-0.2, -0.15) is 0 Å². The van der Waals surface area contributed by atoms with Crippen molar-refractivity contribution in [2.75, 3.05) is 5.75 Å². The molecule has 3 aromatic carbocycles. The molecule has 0 aliphatic heterocycles. The summed E-state index contributed by atoms with van der Waals surface area (Å²) in [5.41, 5.74) is 3.22. The van der Waals surface area contributed by atoms with Crippen LogP contribution in [0.4, 0.5) is 5.69 Å². The number of aryl methyl sites for hydroxylation is 1. The minimum atomic E-state index is -0.533. The van der Waals surface area contributed by atoms with Gasteiger partial charge in [0.2, 0.25) is 5.78 Å². The maximum Gasteiger partial charge on any atom is 0.270 e. The third kappa shape index (κ3) is 3.87. The molecule has 0 aliphatic carbocycles. The Morgan fingerprint density at radius 1 is 1.03 bits per heavy atom. The summed E-state index contributed by atoms with van der Waals surface area (Å²) in [7, 11) is 0. The lowest BCUT2D eigenvalue weighted by Gasteiger charge is -2.14. The van der Waals surface area contributed by atoms with Gasteiger partial charge >= 0.3 is 0 Å². The molecular formula is C25H19N5O4S. The number of rotatable bonds is 6. The Balaban J connectivity index is 1.62. The third-order valence-corrected chi connectivity index (χ3v) is 6.85. The van der Waals surface area contributed by atoms with Crippen LogP contribution in [0.5, 0.6) is 0 Å². The molecule has 10 heteroatoms. The van der Waals surface area contributed by atoms with Crippen LogP contribution in [0.3, 0.4) is 0 Å². The largest absolute Gasteiger partial charge is 0.293 e. The third-order valence-electron chi connectivity index (χ3n) is 5.92. The van der Waals surface area contributed by atoms with E-state index in [-0.39, 0.29) is 28.3 Å². The Kier molecular flexibility index (Phi) is 5.65. The number of nitro benzene ring substituents is 1. The molecule has 174 valence electrons. The first-order valence-electron chi connectivity index (χ1n) is 10.7. The molecule has 0 aliphatic rings. The predicted molar refractivity (Wildman–Crippen MR) is 134 cm³/mol. The average molecular weight is 486 g/mol. The number of nitro groups is 1. The maximum atomic E-state index is 13.5.